The zero-order valence-corrected chi connectivity index (χ0v) is 8.45. The smallest absolute Gasteiger partial charge is 0.345 e. The molecule has 2 heterocycles. The highest BCUT2D eigenvalue weighted by atomic mass is 16.4. The second kappa shape index (κ2) is 3.84. The first kappa shape index (κ1) is 10.5. The van der Waals surface area contributed by atoms with Crippen LogP contribution in [-0.4, -0.2) is 27.2 Å². The molecule has 1 aliphatic rings. The lowest BCUT2D eigenvalue weighted by Gasteiger charge is -2.11. The molecule has 7 nitrogen and oxygen atoms in total. The molecule has 0 fully saturated rings. The monoisotopic (exact) mass is 225 g/mol. The number of aromatic nitrogens is 2. The molecule has 0 aliphatic carbocycles. The van der Waals surface area contributed by atoms with Crippen LogP contribution in [0.1, 0.15) is 23.2 Å². The van der Waals surface area contributed by atoms with E-state index in [9.17, 15) is 14.4 Å². The molecule has 0 unspecified atom stereocenters. The molecule has 3 N–H and O–H groups in total. The van der Waals surface area contributed by atoms with Gasteiger partial charge in [0.25, 0.3) is 5.56 Å². The lowest BCUT2D eigenvalue weighted by molar-refractivity contribution is 0.0695. The largest absolute Gasteiger partial charge is 0.477 e. The Labute approximate surface area is 89.7 Å². The average Bonchev–Trinajstić information content (AvgIpc) is 2.42. The summed E-state index contributed by atoms with van der Waals surface area (Å²) in [5.74, 6) is -1.22. The first-order chi connectivity index (χ1) is 7.61. The van der Waals surface area contributed by atoms with Gasteiger partial charge in [-0.15, -0.1) is 0 Å². The van der Waals surface area contributed by atoms with Gasteiger partial charge in [-0.3, -0.25) is 14.3 Å². The van der Waals surface area contributed by atoms with Crippen molar-refractivity contribution in [2.75, 3.05) is 11.9 Å². The number of carboxylic acids is 1. The van der Waals surface area contributed by atoms with Gasteiger partial charge >= 0.3 is 11.7 Å². The van der Waals surface area contributed by atoms with Gasteiger partial charge < -0.3 is 10.4 Å². The minimum Gasteiger partial charge on any atom is -0.477 e. The third-order valence-electron chi connectivity index (χ3n) is 2.51. The fraction of sp³-hybridized carbons (Fsp3) is 0.444. The zero-order chi connectivity index (χ0) is 11.7. The van der Waals surface area contributed by atoms with Crippen molar-refractivity contribution in [2.45, 2.75) is 19.4 Å². The zero-order valence-electron chi connectivity index (χ0n) is 8.45. The molecule has 86 valence electrons. The lowest BCUT2D eigenvalue weighted by Crippen LogP contribution is -2.35. The summed E-state index contributed by atoms with van der Waals surface area (Å²) >= 11 is 0. The third-order valence-corrected chi connectivity index (χ3v) is 2.51. The average molecular weight is 225 g/mol. The van der Waals surface area contributed by atoms with Crippen molar-refractivity contribution in [1.29, 1.82) is 0 Å². The Morgan fingerprint density at radius 1 is 1.31 bits per heavy atom. The highest BCUT2D eigenvalue weighted by Crippen LogP contribution is 2.13. The van der Waals surface area contributed by atoms with Gasteiger partial charge in [-0.2, -0.15) is 0 Å². The molecule has 7 heteroatoms. The molecule has 1 aromatic heterocycles. The highest BCUT2D eigenvalue weighted by Gasteiger charge is 2.21. The maximum absolute atomic E-state index is 11.5. The second-order valence-electron chi connectivity index (χ2n) is 3.57. The SMILES string of the molecule is O=C(O)c1c2n(c(=O)[nH]c1=O)CCCCN2. The summed E-state index contributed by atoms with van der Waals surface area (Å²) in [6.45, 7) is 0.974. The van der Waals surface area contributed by atoms with Crippen molar-refractivity contribution in [3.05, 3.63) is 26.4 Å². The maximum Gasteiger partial charge on any atom is 0.345 e. The molecule has 0 radical (unpaired) electrons. The standard InChI is InChI=1S/C9H11N3O4/c13-7-5(8(14)15)6-10-3-1-2-4-12(6)9(16)11-7/h10H,1-4H2,(H,14,15)(H,11,13,16). The number of carboxylic acid groups (broad SMARTS) is 1. The minimum atomic E-state index is -1.33. The van der Waals surface area contributed by atoms with E-state index >= 15 is 0 Å². The number of aromatic carboxylic acids is 1. The predicted molar refractivity (Wildman–Crippen MR) is 56.0 cm³/mol. The molecule has 0 saturated heterocycles. The van der Waals surface area contributed by atoms with Crippen LogP contribution in [0.5, 0.6) is 0 Å². The van der Waals surface area contributed by atoms with Gasteiger partial charge in [0.1, 0.15) is 5.82 Å². The van der Waals surface area contributed by atoms with Gasteiger partial charge in [0, 0.05) is 13.1 Å². The fourth-order valence-electron chi connectivity index (χ4n) is 1.77. The van der Waals surface area contributed by atoms with E-state index in [1.807, 2.05) is 4.98 Å². The summed E-state index contributed by atoms with van der Waals surface area (Å²) in [6.07, 6.45) is 1.60. The van der Waals surface area contributed by atoms with Crippen molar-refractivity contribution in [1.82, 2.24) is 9.55 Å². The number of hydrogen-bond donors (Lipinski definition) is 3. The summed E-state index contributed by atoms with van der Waals surface area (Å²) in [6, 6.07) is 0. The highest BCUT2D eigenvalue weighted by molar-refractivity contribution is 5.92. The van der Waals surface area contributed by atoms with E-state index < -0.39 is 22.8 Å². The van der Waals surface area contributed by atoms with Crippen molar-refractivity contribution in [2.24, 2.45) is 0 Å². The molecule has 16 heavy (non-hydrogen) atoms. The fourth-order valence-corrected chi connectivity index (χ4v) is 1.77. The number of hydrogen-bond acceptors (Lipinski definition) is 4. The number of aromatic amines is 1. The van der Waals surface area contributed by atoms with Crippen LogP contribution in [0.3, 0.4) is 0 Å². The van der Waals surface area contributed by atoms with Gasteiger partial charge in [-0.05, 0) is 12.8 Å². The Morgan fingerprint density at radius 2 is 2.06 bits per heavy atom. The molecule has 1 aliphatic heterocycles. The number of carbonyl (C=O) groups is 1. The Hall–Kier alpha value is -2.05. The van der Waals surface area contributed by atoms with E-state index in [1.54, 1.807) is 0 Å². The number of fused-ring (bicyclic) bond motifs is 1. The summed E-state index contributed by atoms with van der Waals surface area (Å²) < 4.78 is 1.26. The number of nitrogens with one attached hydrogen (secondary N) is 2. The molecule has 1 aromatic rings. The van der Waals surface area contributed by atoms with E-state index in [-0.39, 0.29) is 5.82 Å². The molecular weight excluding hydrogens is 214 g/mol. The van der Waals surface area contributed by atoms with E-state index in [4.69, 9.17) is 5.11 Å². The summed E-state index contributed by atoms with van der Waals surface area (Å²) in [5.41, 5.74) is -1.83. The van der Waals surface area contributed by atoms with Crippen LogP contribution in [0.15, 0.2) is 9.59 Å². The van der Waals surface area contributed by atoms with E-state index in [0.29, 0.717) is 13.1 Å². The Morgan fingerprint density at radius 3 is 2.75 bits per heavy atom. The topological polar surface area (TPSA) is 104 Å². The van der Waals surface area contributed by atoms with Gasteiger partial charge in [-0.1, -0.05) is 0 Å². The molecule has 0 atom stereocenters. The molecule has 0 spiro atoms. The molecule has 2 rings (SSSR count). The van der Waals surface area contributed by atoms with Gasteiger partial charge in [0.05, 0.1) is 0 Å². The van der Waals surface area contributed by atoms with E-state index in [2.05, 4.69) is 5.32 Å². The van der Waals surface area contributed by atoms with Crippen molar-refractivity contribution in [3.63, 3.8) is 0 Å². The summed E-state index contributed by atoms with van der Waals surface area (Å²) in [5, 5.41) is 11.7. The van der Waals surface area contributed by atoms with E-state index in [1.165, 1.54) is 4.57 Å². The number of H-pyrrole nitrogens is 1. The second-order valence-corrected chi connectivity index (χ2v) is 3.57. The van der Waals surface area contributed by atoms with Crippen molar-refractivity contribution in [3.8, 4) is 0 Å². The Bertz CT molecular complexity index is 543. The molecule has 0 aromatic carbocycles. The lowest BCUT2D eigenvalue weighted by atomic mass is 10.3. The first-order valence-electron chi connectivity index (χ1n) is 4.95. The number of rotatable bonds is 1. The predicted octanol–water partition coefficient (Wildman–Crippen LogP) is -0.560. The van der Waals surface area contributed by atoms with Crippen LogP contribution in [0.2, 0.25) is 0 Å². The van der Waals surface area contributed by atoms with E-state index in [0.717, 1.165) is 12.8 Å². The van der Waals surface area contributed by atoms with Crippen molar-refractivity contribution < 1.29 is 9.90 Å². The third kappa shape index (κ3) is 1.60. The van der Waals surface area contributed by atoms with Gasteiger partial charge in [0.15, 0.2) is 5.56 Å². The Balaban J connectivity index is 2.76. The Kier molecular flexibility index (Phi) is 2.51. The van der Waals surface area contributed by atoms with Crippen LogP contribution >= 0.6 is 0 Å². The molecule has 0 saturated carbocycles. The molecular formula is C9H11N3O4. The number of anilines is 1. The van der Waals surface area contributed by atoms with Crippen LogP contribution in [0, 0.1) is 0 Å². The minimum absolute atomic E-state index is 0.110. The quantitative estimate of drug-likeness (QED) is 0.594. The molecule has 0 amide bonds. The normalized spacial score (nSPS) is 14.8. The van der Waals surface area contributed by atoms with Crippen LogP contribution in [-0.2, 0) is 6.54 Å². The first-order valence-corrected chi connectivity index (χ1v) is 4.95. The maximum atomic E-state index is 11.5. The van der Waals surface area contributed by atoms with Crippen molar-refractivity contribution >= 4 is 11.8 Å². The summed E-state index contributed by atoms with van der Waals surface area (Å²) in [4.78, 5) is 35.8. The number of nitrogens with zero attached hydrogens (tertiary/aromatic N) is 1. The van der Waals surface area contributed by atoms with Crippen LogP contribution in [0.25, 0.3) is 0 Å². The van der Waals surface area contributed by atoms with Crippen LogP contribution < -0.4 is 16.6 Å². The molecule has 0 bridgehead atoms. The summed E-state index contributed by atoms with van der Waals surface area (Å²) in [7, 11) is 0. The van der Waals surface area contributed by atoms with Gasteiger partial charge in [-0.25, -0.2) is 9.59 Å². The van der Waals surface area contributed by atoms with Gasteiger partial charge in [0.2, 0.25) is 0 Å². The van der Waals surface area contributed by atoms with Crippen LogP contribution in [0.4, 0.5) is 5.82 Å².